The van der Waals surface area contributed by atoms with Gasteiger partial charge in [-0.1, -0.05) is 0 Å². The van der Waals surface area contributed by atoms with E-state index in [1.165, 1.54) is 6.33 Å². The van der Waals surface area contributed by atoms with Crippen LogP contribution in [0.4, 0.5) is 0 Å². The fourth-order valence-corrected chi connectivity index (χ4v) is 2.51. The number of aromatic amines is 1. The molecule has 8 heteroatoms. The van der Waals surface area contributed by atoms with Crippen LogP contribution in [-0.4, -0.2) is 52.6 Å². The van der Waals surface area contributed by atoms with Crippen LogP contribution in [0.2, 0.25) is 0 Å². The minimum absolute atomic E-state index is 0.0561. The summed E-state index contributed by atoms with van der Waals surface area (Å²) in [6.45, 7) is 0.454. The van der Waals surface area contributed by atoms with E-state index in [2.05, 4.69) is 15.0 Å². The molecule has 0 aliphatic carbocycles. The average Bonchev–Trinajstić information content (AvgIpc) is 3.03. The minimum atomic E-state index is -0.264. The molecular formula is C12H16N4O4. The van der Waals surface area contributed by atoms with Crippen molar-refractivity contribution in [2.24, 2.45) is 0 Å². The van der Waals surface area contributed by atoms with Crippen LogP contribution in [0.3, 0.4) is 0 Å². The van der Waals surface area contributed by atoms with Gasteiger partial charge in [-0.25, -0.2) is 9.97 Å². The third kappa shape index (κ3) is 2.11. The van der Waals surface area contributed by atoms with Crippen LogP contribution in [0.15, 0.2) is 17.4 Å². The van der Waals surface area contributed by atoms with Gasteiger partial charge in [0.25, 0.3) is 5.56 Å². The molecule has 0 spiro atoms. The normalized spacial score (nSPS) is 26.4. The van der Waals surface area contributed by atoms with Crippen LogP contribution in [0.1, 0.15) is 12.6 Å². The van der Waals surface area contributed by atoms with E-state index in [1.807, 2.05) is 0 Å². The topological polar surface area (TPSA) is 91.3 Å². The first-order valence-corrected chi connectivity index (χ1v) is 6.32. The molecule has 1 aliphatic heterocycles. The highest BCUT2D eigenvalue weighted by Crippen LogP contribution is 2.31. The maximum Gasteiger partial charge on any atom is 0.278 e. The highest BCUT2D eigenvalue weighted by Gasteiger charge is 2.37. The van der Waals surface area contributed by atoms with Crippen molar-refractivity contribution in [3.8, 4) is 0 Å². The van der Waals surface area contributed by atoms with Crippen molar-refractivity contribution in [3.05, 3.63) is 23.0 Å². The smallest absolute Gasteiger partial charge is 0.278 e. The Morgan fingerprint density at radius 2 is 2.35 bits per heavy atom. The Bertz CT molecular complexity index is 652. The van der Waals surface area contributed by atoms with Crippen LogP contribution < -0.4 is 5.56 Å². The average molecular weight is 280 g/mol. The Labute approximate surface area is 114 Å². The summed E-state index contributed by atoms with van der Waals surface area (Å²) in [5, 5.41) is 0. The molecule has 3 heterocycles. The maximum atomic E-state index is 11.6. The van der Waals surface area contributed by atoms with Gasteiger partial charge in [0.2, 0.25) is 0 Å². The zero-order valence-electron chi connectivity index (χ0n) is 11.3. The summed E-state index contributed by atoms with van der Waals surface area (Å²) >= 11 is 0. The monoisotopic (exact) mass is 280 g/mol. The van der Waals surface area contributed by atoms with E-state index in [-0.39, 0.29) is 24.0 Å². The van der Waals surface area contributed by atoms with Crippen LogP contribution in [-0.2, 0) is 14.2 Å². The van der Waals surface area contributed by atoms with E-state index >= 15 is 0 Å². The Balaban J connectivity index is 1.92. The Morgan fingerprint density at radius 3 is 3.10 bits per heavy atom. The molecule has 0 aromatic carbocycles. The second-order valence-corrected chi connectivity index (χ2v) is 4.65. The van der Waals surface area contributed by atoms with Gasteiger partial charge >= 0.3 is 0 Å². The molecule has 1 fully saturated rings. The first-order valence-electron chi connectivity index (χ1n) is 6.32. The second-order valence-electron chi connectivity index (χ2n) is 4.65. The van der Waals surface area contributed by atoms with Gasteiger partial charge in [-0.2, -0.15) is 0 Å². The predicted octanol–water partition coefficient (Wildman–Crippen LogP) is 0.0685. The lowest BCUT2D eigenvalue weighted by Crippen LogP contribution is -2.27. The van der Waals surface area contributed by atoms with E-state index in [1.54, 1.807) is 25.1 Å². The van der Waals surface area contributed by atoms with Crippen molar-refractivity contribution in [2.75, 3.05) is 20.8 Å². The van der Waals surface area contributed by atoms with Crippen LogP contribution in [0.5, 0.6) is 0 Å². The van der Waals surface area contributed by atoms with Crippen molar-refractivity contribution in [2.45, 2.75) is 24.9 Å². The second kappa shape index (κ2) is 5.31. The minimum Gasteiger partial charge on any atom is -0.382 e. The molecule has 0 saturated carbocycles. The summed E-state index contributed by atoms with van der Waals surface area (Å²) in [5.74, 6) is 0. The number of H-pyrrole nitrogens is 1. The number of ether oxygens (including phenoxy) is 3. The molecule has 20 heavy (non-hydrogen) atoms. The highest BCUT2D eigenvalue weighted by molar-refractivity contribution is 5.68. The third-order valence-corrected chi connectivity index (χ3v) is 3.49. The Morgan fingerprint density at radius 1 is 1.50 bits per heavy atom. The lowest BCUT2D eigenvalue weighted by atomic mass is 10.2. The lowest BCUT2D eigenvalue weighted by Gasteiger charge is -2.15. The van der Waals surface area contributed by atoms with E-state index in [4.69, 9.17) is 14.2 Å². The summed E-state index contributed by atoms with van der Waals surface area (Å²) in [4.78, 5) is 22.4. The van der Waals surface area contributed by atoms with Gasteiger partial charge in [-0.05, 0) is 0 Å². The quantitative estimate of drug-likeness (QED) is 0.852. The summed E-state index contributed by atoms with van der Waals surface area (Å²) in [6.07, 6.45) is 3.12. The summed E-state index contributed by atoms with van der Waals surface area (Å²) < 4.78 is 18.2. The van der Waals surface area contributed by atoms with Crippen LogP contribution in [0.25, 0.3) is 11.2 Å². The number of methoxy groups -OCH3 is 2. The van der Waals surface area contributed by atoms with Crippen molar-refractivity contribution >= 4 is 11.2 Å². The molecule has 1 saturated heterocycles. The molecule has 1 N–H and O–H groups in total. The lowest BCUT2D eigenvalue weighted by molar-refractivity contribution is -0.0597. The van der Waals surface area contributed by atoms with Crippen molar-refractivity contribution in [1.29, 1.82) is 0 Å². The molecule has 1 aliphatic rings. The molecule has 2 aromatic rings. The largest absolute Gasteiger partial charge is 0.382 e. The summed E-state index contributed by atoms with van der Waals surface area (Å²) in [6, 6.07) is 0. The van der Waals surface area contributed by atoms with Crippen LogP contribution >= 0.6 is 0 Å². The van der Waals surface area contributed by atoms with Gasteiger partial charge in [0.05, 0.1) is 25.4 Å². The van der Waals surface area contributed by atoms with Crippen molar-refractivity contribution in [3.63, 3.8) is 0 Å². The van der Waals surface area contributed by atoms with Gasteiger partial charge in [0.15, 0.2) is 11.2 Å². The number of nitrogens with zero attached hydrogens (tertiary/aromatic N) is 3. The van der Waals surface area contributed by atoms with Gasteiger partial charge in [-0.3, -0.25) is 9.36 Å². The fraction of sp³-hybridized carbons (Fsp3) is 0.583. The first kappa shape index (κ1) is 13.2. The SMILES string of the molecule is COCC1OC(n2cnc3c(=O)[nH]cnc32)CC1OC. The molecule has 2 aromatic heterocycles. The van der Waals surface area contributed by atoms with E-state index in [9.17, 15) is 4.79 Å². The number of hydrogen-bond donors (Lipinski definition) is 1. The van der Waals surface area contributed by atoms with Gasteiger partial charge < -0.3 is 19.2 Å². The molecule has 3 unspecified atom stereocenters. The van der Waals surface area contributed by atoms with Crippen molar-refractivity contribution in [1.82, 2.24) is 19.5 Å². The number of hydrogen-bond acceptors (Lipinski definition) is 6. The van der Waals surface area contributed by atoms with Gasteiger partial charge in [0, 0.05) is 20.6 Å². The molecule has 108 valence electrons. The van der Waals surface area contributed by atoms with E-state index in [0.717, 1.165) is 0 Å². The van der Waals surface area contributed by atoms with Crippen molar-refractivity contribution < 1.29 is 14.2 Å². The Kier molecular flexibility index (Phi) is 3.51. The van der Waals surface area contributed by atoms with Gasteiger partial charge in [-0.15, -0.1) is 0 Å². The standard InChI is InChI=1S/C12H16N4O4/c1-18-4-8-7(19-2)3-9(20-8)16-6-15-10-11(16)13-5-14-12(10)17/h5-9H,3-4H2,1-2H3,(H,13,14,17). The molecule has 8 nitrogen and oxygen atoms in total. The first-order chi connectivity index (χ1) is 9.74. The van der Waals surface area contributed by atoms with Crippen LogP contribution in [0, 0.1) is 0 Å². The van der Waals surface area contributed by atoms with E-state index < -0.39 is 0 Å². The molecule has 3 rings (SSSR count). The highest BCUT2D eigenvalue weighted by atomic mass is 16.6. The fourth-order valence-electron chi connectivity index (χ4n) is 2.51. The predicted molar refractivity (Wildman–Crippen MR) is 69.3 cm³/mol. The summed E-state index contributed by atoms with van der Waals surface area (Å²) in [5.41, 5.74) is 0.551. The zero-order chi connectivity index (χ0) is 14.1. The molecule has 0 amide bonds. The number of nitrogens with one attached hydrogen (secondary N) is 1. The van der Waals surface area contributed by atoms with E-state index in [0.29, 0.717) is 24.2 Å². The Hall–Kier alpha value is -1.77. The maximum absolute atomic E-state index is 11.6. The van der Waals surface area contributed by atoms with Gasteiger partial charge in [0.1, 0.15) is 12.3 Å². The number of aromatic nitrogens is 4. The number of fused-ring (bicyclic) bond motifs is 1. The molecule has 0 bridgehead atoms. The molecule has 0 radical (unpaired) electrons. The number of imidazole rings is 1. The number of rotatable bonds is 4. The molecular weight excluding hydrogens is 264 g/mol. The third-order valence-electron chi connectivity index (χ3n) is 3.49. The summed E-state index contributed by atoms with van der Waals surface area (Å²) in [7, 11) is 3.27. The zero-order valence-corrected chi connectivity index (χ0v) is 11.3. The molecule has 3 atom stereocenters.